The van der Waals surface area contributed by atoms with Gasteiger partial charge in [-0.15, -0.1) is 5.10 Å². The molecule has 1 aromatic carbocycles. The molecule has 6 N–H and O–H groups in total. The summed E-state index contributed by atoms with van der Waals surface area (Å²) in [4.78, 5) is 43.8. The Morgan fingerprint density at radius 1 is 1.12 bits per heavy atom. The van der Waals surface area contributed by atoms with E-state index >= 15 is 0 Å². The summed E-state index contributed by atoms with van der Waals surface area (Å²) >= 11 is 13.8. The zero-order valence-electron chi connectivity index (χ0n) is 29.8. The van der Waals surface area contributed by atoms with Crippen molar-refractivity contribution in [3.8, 4) is 11.4 Å². The number of thioether (sulfide) groups is 1. The third-order valence-corrected chi connectivity index (χ3v) is 7.81. The fraction of sp³-hybridized carbons (Fsp3) is 0.600. The second-order valence-electron chi connectivity index (χ2n) is 13.1. The van der Waals surface area contributed by atoms with Gasteiger partial charge in [0.15, 0.2) is 12.5 Å². The number of hydrogen-bond acceptors (Lipinski definition) is 13. The van der Waals surface area contributed by atoms with E-state index in [4.69, 9.17) is 48.1 Å². The number of nitrogens with two attached hydrogens (primary N) is 1. The van der Waals surface area contributed by atoms with Crippen molar-refractivity contribution < 1.29 is 28.5 Å². The summed E-state index contributed by atoms with van der Waals surface area (Å²) < 4.78 is 22.6. The summed E-state index contributed by atoms with van der Waals surface area (Å²) in [6.07, 6.45) is 1.89. The largest absolute Gasteiger partial charge is 0.489 e. The van der Waals surface area contributed by atoms with Gasteiger partial charge in [-0.25, -0.2) is 4.79 Å². The number of carboxylic acids is 1. The molecule has 2 atom stereocenters. The van der Waals surface area contributed by atoms with Crippen LogP contribution in [0.25, 0.3) is 5.69 Å². The van der Waals surface area contributed by atoms with Gasteiger partial charge in [-0.3, -0.25) is 9.36 Å². The normalized spacial score (nSPS) is 13.3. The molecule has 0 saturated heterocycles. The van der Waals surface area contributed by atoms with E-state index in [1.807, 2.05) is 47.8 Å². The molecule has 276 valence electrons. The number of aliphatic carboxylic acids is 1. The molecule has 2 unspecified atom stereocenters. The Labute approximate surface area is 301 Å². The molecule has 49 heavy (non-hydrogen) atoms. The molecule has 0 fully saturated rings. The minimum atomic E-state index is -3.10. The summed E-state index contributed by atoms with van der Waals surface area (Å²) in [5.74, 6) is 0.248. The summed E-state index contributed by atoms with van der Waals surface area (Å²) in [6.45, 7) is 19.7. The van der Waals surface area contributed by atoms with Gasteiger partial charge in [0.05, 0.1) is 21.8 Å². The zero-order chi connectivity index (χ0) is 37.9. The van der Waals surface area contributed by atoms with Crippen LogP contribution in [0.2, 0.25) is 10.0 Å². The Morgan fingerprint density at radius 2 is 1.71 bits per heavy atom. The topological polar surface area (TPSA) is 221 Å². The highest BCUT2D eigenvalue weighted by atomic mass is 35.5. The number of ether oxygens (including phenoxy) is 1. The van der Waals surface area contributed by atoms with Gasteiger partial charge in [-0.1, -0.05) is 55.7 Å². The highest BCUT2D eigenvalue weighted by Crippen LogP contribution is 2.36. The fourth-order valence-electron chi connectivity index (χ4n) is 3.34. The van der Waals surface area contributed by atoms with Gasteiger partial charge in [0, 0.05) is 36.4 Å². The average Bonchev–Trinajstić information content (AvgIpc) is 3.34. The molecule has 3 rings (SSSR count). The molecule has 2 aromatic heterocycles. The van der Waals surface area contributed by atoms with Gasteiger partial charge in [-0.05, 0) is 60.3 Å². The Morgan fingerprint density at radius 3 is 2.16 bits per heavy atom. The highest BCUT2D eigenvalue weighted by Gasteiger charge is 2.24. The standard InChI is InChI=1S/C15H18Cl2N2O3.C10H19N5S.C5H12NO4P/c1-8(2)21-12-7-11(9(16)6-10(12)17)19-14(20)22-13(18-19)15(3,4)5;1-6-11-7-12-8(15-10(2,3)4)14-9(13-7)16-5;1-11(9,10)3-2-4(6)5(7)8/h6-8H,1-5H3;6H2,1-5H3,(H2,11,12,13,14,15);4H,2-3,6H2,1H3,(H,7,8)(H,9,10). The number of hydrogen-bond donors (Lipinski definition) is 5. The molecule has 19 heteroatoms. The van der Waals surface area contributed by atoms with Crippen molar-refractivity contribution in [2.75, 3.05) is 36.3 Å². The number of rotatable bonds is 11. The number of carboxylic acid groups (broad SMARTS) is 1. The summed E-state index contributed by atoms with van der Waals surface area (Å²) in [7, 11) is -3.10. The zero-order valence-corrected chi connectivity index (χ0v) is 33.0. The van der Waals surface area contributed by atoms with E-state index < -0.39 is 25.1 Å². The Bertz CT molecular complexity index is 1640. The van der Waals surface area contributed by atoms with Crippen molar-refractivity contribution in [3.05, 3.63) is 38.6 Å². The number of aromatic nitrogens is 5. The lowest BCUT2D eigenvalue weighted by Crippen LogP contribution is -2.30. The number of anilines is 2. The van der Waals surface area contributed by atoms with Crippen LogP contribution < -0.4 is 26.9 Å². The van der Waals surface area contributed by atoms with Crippen LogP contribution in [0.4, 0.5) is 11.9 Å². The van der Waals surface area contributed by atoms with Crippen molar-refractivity contribution in [1.82, 2.24) is 24.7 Å². The average molecular weight is 768 g/mol. The van der Waals surface area contributed by atoms with Crippen LogP contribution in [0.3, 0.4) is 0 Å². The molecule has 0 saturated carbocycles. The van der Waals surface area contributed by atoms with Gasteiger partial charge in [0.2, 0.25) is 17.8 Å². The predicted octanol–water partition coefficient (Wildman–Crippen LogP) is 6.14. The highest BCUT2D eigenvalue weighted by molar-refractivity contribution is 7.98. The lowest BCUT2D eigenvalue weighted by atomic mass is 9.97. The molecule has 3 aromatic rings. The Hall–Kier alpha value is -2.88. The second-order valence-corrected chi connectivity index (χ2v) is 17.3. The van der Waals surface area contributed by atoms with E-state index in [9.17, 15) is 14.2 Å². The lowest BCUT2D eigenvalue weighted by molar-refractivity contribution is -0.138. The van der Waals surface area contributed by atoms with Crippen LogP contribution >= 0.6 is 42.3 Å². The van der Waals surface area contributed by atoms with Gasteiger partial charge in [0.25, 0.3) is 0 Å². The monoisotopic (exact) mass is 766 g/mol. The predicted molar refractivity (Wildman–Crippen MR) is 197 cm³/mol. The van der Waals surface area contributed by atoms with Gasteiger partial charge >= 0.3 is 11.7 Å². The van der Waals surface area contributed by atoms with Crippen molar-refractivity contribution in [1.29, 1.82) is 0 Å². The molecule has 15 nitrogen and oxygen atoms in total. The SMILES string of the molecule is CC(C)Oc1cc(-n2nc(C(C)(C)C)oc2=O)c(Cl)cc1Cl.CCNc1nc(NC(C)(C)C)nc(SC)n1.CP(=O)(O)CCC(N)C(=O)O. The van der Waals surface area contributed by atoms with E-state index in [0.717, 1.165) is 16.4 Å². The van der Waals surface area contributed by atoms with Gasteiger partial charge in [0.1, 0.15) is 11.8 Å². The van der Waals surface area contributed by atoms with Gasteiger partial charge in [-0.2, -0.15) is 19.6 Å². The van der Waals surface area contributed by atoms with E-state index in [-0.39, 0.29) is 34.7 Å². The van der Waals surface area contributed by atoms with Crippen molar-refractivity contribution in [3.63, 3.8) is 0 Å². The van der Waals surface area contributed by atoms with Crippen LogP contribution in [0, 0.1) is 0 Å². The molecular formula is C30H49Cl2N8O7PS. The molecule has 0 amide bonds. The van der Waals surface area contributed by atoms with Crippen molar-refractivity contribution in [2.24, 2.45) is 5.73 Å². The van der Waals surface area contributed by atoms with E-state index in [1.54, 1.807) is 6.07 Å². The van der Waals surface area contributed by atoms with E-state index in [0.29, 0.717) is 34.2 Å². The Kier molecular flexibility index (Phi) is 17.1. The molecule has 0 spiro atoms. The molecule has 0 radical (unpaired) electrons. The fourth-order valence-corrected chi connectivity index (χ4v) is 4.96. The van der Waals surface area contributed by atoms with Crippen LogP contribution in [0.1, 0.15) is 74.6 Å². The van der Waals surface area contributed by atoms with Crippen LogP contribution in [-0.4, -0.2) is 84.0 Å². The number of benzene rings is 1. The molecule has 0 aliphatic heterocycles. The second kappa shape index (κ2) is 18.9. The first kappa shape index (κ1) is 44.1. The number of nitrogens with zero attached hydrogens (tertiary/aromatic N) is 5. The molecular weight excluding hydrogens is 718 g/mol. The quantitative estimate of drug-likeness (QED) is 0.109. The summed E-state index contributed by atoms with van der Waals surface area (Å²) in [5.41, 5.74) is 5.02. The third kappa shape index (κ3) is 16.6. The first-order valence-electron chi connectivity index (χ1n) is 15.2. The van der Waals surface area contributed by atoms with E-state index in [2.05, 4.69) is 51.5 Å². The number of carbonyl (C=O) groups is 1. The Balaban J connectivity index is 0.000000392. The summed E-state index contributed by atoms with van der Waals surface area (Å²) in [5, 5.41) is 20.2. The lowest BCUT2D eigenvalue weighted by Gasteiger charge is -2.20. The minimum Gasteiger partial charge on any atom is -0.489 e. The first-order valence-corrected chi connectivity index (χ1v) is 19.5. The molecule has 0 aliphatic rings. The minimum absolute atomic E-state index is 0.0412. The summed E-state index contributed by atoms with van der Waals surface area (Å²) in [6, 6.07) is 2.07. The smallest absolute Gasteiger partial charge is 0.442 e. The maximum atomic E-state index is 12.1. The molecule has 0 aliphatic carbocycles. The van der Waals surface area contributed by atoms with Crippen LogP contribution in [0.15, 0.2) is 26.5 Å². The first-order chi connectivity index (χ1) is 22.4. The van der Waals surface area contributed by atoms with Crippen molar-refractivity contribution in [2.45, 2.75) is 97.0 Å². The maximum Gasteiger partial charge on any atom is 0.442 e. The van der Waals surface area contributed by atoms with Crippen molar-refractivity contribution >= 4 is 60.2 Å². The third-order valence-electron chi connectivity index (χ3n) is 5.57. The molecule has 0 bridgehead atoms. The van der Waals surface area contributed by atoms with Crippen LogP contribution in [-0.2, 0) is 14.8 Å². The molecule has 2 heterocycles. The number of nitrogens with one attached hydrogen (secondary N) is 2. The van der Waals surface area contributed by atoms with Gasteiger partial charge < -0.3 is 35.5 Å². The van der Waals surface area contributed by atoms with Crippen LogP contribution in [0.5, 0.6) is 5.75 Å². The number of halogens is 2. The maximum absolute atomic E-state index is 12.1. The van der Waals surface area contributed by atoms with E-state index in [1.165, 1.54) is 24.5 Å².